The molecule has 0 N–H and O–H groups in total. The summed E-state index contributed by atoms with van der Waals surface area (Å²) in [7, 11) is 0. The van der Waals surface area contributed by atoms with Crippen LogP contribution >= 0.6 is 0 Å². The zero-order valence-corrected chi connectivity index (χ0v) is 35.4. The molecule has 11 aromatic rings. The zero-order valence-electron chi connectivity index (χ0n) is 35.4. The van der Waals surface area contributed by atoms with E-state index in [1.165, 1.54) is 43.8 Å². The molecule has 0 atom stereocenters. The minimum atomic E-state index is 0.716. The number of nitrogens with zero attached hydrogens (tertiary/aromatic N) is 2. The number of hydrogen-bond acceptors (Lipinski definition) is 3. The average Bonchev–Trinajstić information content (AvgIpc) is 3.64. The SMILES string of the molecule is CC1=C(c2ccc3c(c2)oc2cc(N(c4ccc(-c5ccccc5)cc4)c4ccc5ccccc5c4)c4ccccc4c23)N=C(c2ccc3ccccc3c2)CC=C1c1ccccc1. The van der Waals surface area contributed by atoms with Crippen molar-refractivity contribution in [2.75, 3.05) is 4.90 Å². The van der Waals surface area contributed by atoms with Crippen LogP contribution < -0.4 is 4.90 Å². The van der Waals surface area contributed by atoms with Gasteiger partial charge in [-0.3, -0.25) is 4.99 Å². The maximum atomic E-state index is 7.03. The van der Waals surface area contributed by atoms with E-state index in [0.717, 1.165) is 77.9 Å². The van der Waals surface area contributed by atoms with Crippen molar-refractivity contribution in [1.29, 1.82) is 0 Å². The Bertz CT molecular complexity index is 3690. The van der Waals surface area contributed by atoms with Gasteiger partial charge in [0.05, 0.1) is 17.1 Å². The predicted molar refractivity (Wildman–Crippen MR) is 271 cm³/mol. The molecule has 0 unspecified atom stereocenters. The van der Waals surface area contributed by atoms with Gasteiger partial charge in [0, 0.05) is 45.6 Å². The fourth-order valence-corrected chi connectivity index (χ4v) is 9.66. The quantitative estimate of drug-likeness (QED) is 0.160. The summed E-state index contributed by atoms with van der Waals surface area (Å²) in [5, 5.41) is 9.30. The molecule has 2 heterocycles. The lowest BCUT2D eigenvalue weighted by Crippen LogP contribution is -2.10. The summed E-state index contributed by atoms with van der Waals surface area (Å²) in [5.74, 6) is 0. The number of benzene rings is 10. The number of rotatable bonds is 7. The minimum absolute atomic E-state index is 0.716. The van der Waals surface area contributed by atoms with Crippen molar-refractivity contribution >= 4 is 88.3 Å². The fraction of sp³-hybridized carbons (Fsp3) is 0.0328. The third kappa shape index (κ3) is 6.58. The third-order valence-corrected chi connectivity index (χ3v) is 12.9. The predicted octanol–water partition coefficient (Wildman–Crippen LogP) is 16.9. The molecule has 1 aliphatic rings. The summed E-state index contributed by atoms with van der Waals surface area (Å²) in [5.41, 5.74) is 14.9. The normalized spacial score (nSPS) is 13.1. The van der Waals surface area contributed by atoms with Crippen molar-refractivity contribution in [3.8, 4) is 11.1 Å². The lowest BCUT2D eigenvalue weighted by atomic mass is 9.94. The van der Waals surface area contributed by atoms with E-state index in [9.17, 15) is 0 Å². The molecule has 64 heavy (non-hydrogen) atoms. The minimum Gasteiger partial charge on any atom is -0.456 e. The number of hydrogen-bond donors (Lipinski definition) is 0. The third-order valence-electron chi connectivity index (χ3n) is 12.9. The van der Waals surface area contributed by atoms with E-state index in [-0.39, 0.29) is 0 Å². The van der Waals surface area contributed by atoms with E-state index in [1.807, 2.05) is 0 Å². The van der Waals surface area contributed by atoms with Gasteiger partial charge in [-0.25, -0.2) is 0 Å². The highest BCUT2D eigenvalue weighted by Crippen LogP contribution is 2.46. The van der Waals surface area contributed by atoms with Gasteiger partial charge in [-0.05, 0) is 110 Å². The van der Waals surface area contributed by atoms with Crippen molar-refractivity contribution in [2.45, 2.75) is 13.3 Å². The van der Waals surface area contributed by atoms with Crippen LogP contribution in [0, 0.1) is 0 Å². The Labute approximate surface area is 372 Å². The van der Waals surface area contributed by atoms with E-state index < -0.39 is 0 Å². The Kier molecular flexibility index (Phi) is 9.12. The fourth-order valence-electron chi connectivity index (χ4n) is 9.66. The summed E-state index contributed by atoms with van der Waals surface area (Å²) in [6.07, 6.45) is 3.06. The maximum absolute atomic E-state index is 7.03. The highest BCUT2D eigenvalue weighted by Gasteiger charge is 2.23. The molecule has 3 nitrogen and oxygen atoms in total. The molecule has 0 spiro atoms. The number of furan rings is 1. The van der Waals surface area contributed by atoms with Crippen LogP contribution in [0.4, 0.5) is 17.1 Å². The van der Waals surface area contributed by atoms with Crippen molar-refractivity contribution in [2.24, 2.45) is 4.99 Å². The average molecular weight is 819 g/mol. The second-order valence-corrected chi connectivity index (χ2v) is 16.7. The number of aliphatic imine (C=N–C) groups is 1. The molecule has 12 rings (SSSR count). The van der Waals surface area contributed by atoms with Crippen LogP contribution in [0.2, 0.25) is 0 Å². The number of allylic oxidation sites excluding steroid dienone is 3. The highest BCUT2D eigenvalue weighted by molar-refractivity contribution is 6.23. The Morgan fingerprint density at radius 1 is 0.422 bits per heavy atom. The first-order valence-corrected chi connectivity index (χ1v) is 22.0. The molecule has 0 bridgehead atoms. The maximum Gasteiger partial charge on any atom is 0.138 e. The van der Waals surface area contributed by atoms with Crippen molar-refractivity contribution in [3.05, 3.63) is 247 Å². The molecule has 3 heteroatoms. The Balaban J connectivity index is 1.04. The van der Waals surface area contributed by atoms with Gasteiger partial charge in [-0.15, -0.1) is 0 Å². The molecule has 0 saturated heterocycles. The van der Waals surface area contributed by atoms with Gasteiger partial charge in [0.1, 0.15) is 11.2 Å². The molecule has 1 aliphatic heterocycles. The molecular weight excluding hydrogens is 777 g/mol. The second-order valence-electron chi connectivity index (χ2n) is 16.7. The first-order chi connectivity index (χ1) is 31.6. The Morgan fingerprint density at radius 3 is 1.75 bits per heavy atom. The Morgan fingerprint density at radius 2 is 1.00 bits per heavy atom. The molecular formula is C61H42N2O. The lowest BCUT2D eigenvalue weighted by molar-refractivity contribution is 0.669. The van der Waals surface area contributed by atoms with Gasteiger partial charge in [0.15, 0.2) is 0 Å². The summed E-state index contributed by atoms with van der Waals surface area (Å²) in [6.45, 7) is 2.21. The van der Waals surface area contributed by atoms with Crippen LogP contribution in [-0.4, -0.2) is 5.71 Å². The van der Waals surface area contributed by atoms with Crippen LogP contribution in [0.3, 0.4) is 0 Å². The van der Waals surface area contributed by atoms with Crippen LogP contribution in [-0.2, 0) is 0 Å². The van der Waals surface area contributed by atoms with Crippen molar-refractivity contribution in [3.63, 3.8) is 0 Å². The largest absolute Gasteiger partial charge is 0.456 e. The molecule has 0 saturated carbocycles. The second kappa shape index (κ2) is 15.6. The molecule has 1 aromatic heterocycles. The van der Waals surface area contributed by atoms with Gasteiger partial charge in [0.25, 0.3) is 0 Å². The van der Waals surface area contributed by atoms with E-state index in [1.54, 1.807) is 0 Å². The molecule has 0 amide bonds. The van der Waals surface area contributed by atoms with Crippen LogP contribution in [0.5, 0.6) is 0 Å². The standard InChI is InChI=1S/C61H42N2O/c1-40-52(45-18-6-3-7-19-45)34-35-56(48-25-24-42-16-8-10-20-46(42)36-48)62-61(40)49-29-33-55-58(38-49)64-59-39-57(53-22-12-13-23-54(53)60(55)59)63(51-32-28-43-17-9-11-21-47(43)37-51)50-30-26-44(27-31-50)41-14-4-2-5-15-41/h2-34,36-39H,35H2,1H3. The van der Waals surface area contributed by atoms with E-state index in [4.69, 9.17) is 9.41 Å². The van der Waals surface area contributed by atoms with Gasteiger partial charge >= 0.3 is 0 Å². The lowest BCUT2D eigenvalue weighted by Gasteiger charge is -2.27. The molecule has 0 radical (unpaired) electrons. The molecule has 302 valence electrons. The van der Waals surface area contributed by atoms with Gasteiger partial charge in [0.2, 0.25) is 0 Å². The summed E-state index contributed by atoms with van der Waals surface area (Å²) < 4.78 is 7.03. The van der Waals surface area contributed by atoms with Crippen LogP contribution in [0.25, 0.3) is 76.7 Å². The van der Waals surface area contributed by atoms with Crippen LogP contribution in [0.1, 0.15) is 30.0 Å². The topological polar surface area (TPSA) is 28.7 Å². The Hall–Kier alpha value is -8.27. The molecule has 10 aromatic carbocycles. The van der Waals surface area contributed by atoms with Crippen LogP contribution in [0.15, 0.2) is 239 Å². The highest BCUT2D eigenvalue weighted by atomic mass is 16.3. The van der Waals surface area contributed by atoms with E-state index in [0.29, 0.717) is 6.42 Å². The van der Waals surface area contributed by atoms with E-state index >= 15 is 0 Å². The molecule has 0 aliphatic carbocycles. The summed E-state index contributed by atoms with van der Waals surface area (Å²) >= 11 is 0. The van der Waals surface area contributed by atoms with Gasteiger partial charge < -0.3 is 9.32 Å². The first-order valence-electron chi connectivity index (χ1n) is 22.0. The number of fused-ring (bicyclic) bond motifs is 7. The van der Waals surface area contributed by atoms with Gasteiger partial charge in [-0.1, -0.05) is 176 Å². The van der Waals surface area contributed by atoms with Gasteiger partial charge in [-0.2, -0.15) is 0 Å². The first kappa shape index (κ1) is 37.5. The smallest absolute Gasteiger partial charge is 0.138 e. The summed E-state index contributed by atoms with van der Waals surface area (Å²) in [4.78, 5) is 7.91. The summed E-state index contributed by atoms with van der Waals surface area (Å²) in [6, 6.07) is 78.3. The van der Waals surface area contributed by atoms with Crippen molar-refractivity contribution < 1.29 is 4.42 Å². The molecule has 0 fully saturated rings. The van der Waals surface area contributed by atoms with E-state index in [2.05, 4.69) is 236 Å². The number of anilines is 3. The monoisotopic (exact) mass is 818 g/mol. The van der Waals surface area contributed by atoms with Crippen molar-refractivity contribution in [1.82, 2.24) is 0 Å². The zero-order chi connectivity index (χ0) is 42.6.